The molecule has 5 nitrogen and oxygen atoms in total. The summed E-state index contributed by atoms with van der Waals surface area (Å²) < 4.78 is 43.9. The van der Waals surface area contributed by atoms with Gasteiger partial charge in [-0.25, -0.2) is 4.98 Å². The lowest BCUT2D eigenvalue weighted by Crippen LogP contribution is -2.39. The van der Waals surface area contributed by atoms with Crippen LogP contribution in [0.4, 0.5) is 13.2 Å². The van der Waals surface area contributed by atoms with E-state index in [4.69, 9.17) is 4.74 Å². The maximum absolute atomic E-state index is 12.7. The molecule has 4 rings (SSSR count). The lowest BCUT2D eigenvalue weighted by molar-refractivity contribution is -0.137. The van der Waals surface area contributed by atoms with Gasteiger partial charge in [-0.15, -0.1) is 0 Å². The molecule has 2 aromatic heterocycles. The zero-order valence-corrected chi connectivity index (χ0v) is 15.0. The summed E-state index contributed by atoms with van der Waals surface area (Å²) in [7, 11) is 0. The molecule has 0 spiro atoms. The molecular formula is C20H19F3N4O. The van der Waals surface area contributed by atoms with Crippen molar-refractivity contribution < 1.29 is 17.9 Å². The molecule has 1 aromatic carbocycles. The molecule has 1 N–H and O–H groups in total. The molecule has 3 aromatic rings. The van der Waals surface area contributed by atoms with E-state index < -0.39 is 11.7 Å². The van der Waals surface area contributed by atoms with Crippen LogP contribution in [0.3, 0.4) is 0 Å². The molecule has 0 radical (unpaired) electrons. The molecule has 28 heavy (non-hydrogen) atoms. The van der Waals surface area contributed by atoms with Crippen LogP contribution in [0.1, 0.15) is 23.1 Å². The minimum Gasteiger partial charge on any atom is -0.378 e. The maximum Gasteiger partial charge on any atom is 0.416 e. The molecule has 0 aliphatic carbocycles. The van der Waals surface area contributed by atoms with Crippen molar-refractivity contribution >= 4 is 0 Å². The molecule has 0 saturated carbocycles. The summed E-state index contributed by atoms with van der Waals surface area (Å²) in [6, 6.07) is 10.8. The lowest BCUT2D eigenvalue weighted by Gasteiger charge is -2.34. The van der Waals surface area contributed by atoms with E-state index in [9.17, 15) is 13.2 Å². The predicted octanol–water partition coefficient (Wildman–Crippen LogP) is 4.06. The molecule has 0 amide bonds. The van der Waals surface area contributed by atoms with Gasteiger partial charge < -0.3 is 9.72 Å². The van der Waals surface area contributed by atoms with Crippen molar-refractivity contribution in [2.75, 3.05) is 19.8 Å². The summed E-state index contributed by atoms with van der Waals surface area (Å²) in [6.45, 7) is 2.55. The van der Waals surface area contributed by atoms with E-state index in [1.54, 1.807) is 12.4 Å². The van der Waals surface area contributed by atoms with Crippen LogP contribution >= 0.6 is 0 Å². The largest absolute Gasteiger partial charge is 0.416 e. The van der Waals surface area contributed by atoms with Crippen LogP contribution < -0.4 is 0 Å². The fourth-order valence-corrected chi connectivity index (χ4v) is 3.27. The molecule has 1 aliphatic heterocycles. The number of hydrogen-bond acceptors (Lipinski definition) is 4. The van der Waals surface area contributed by atoms with Gasteiger partial charge in [-0.05, 0) is 29.8 Å². The van der Waals surface area contributed by atoms with Crippen molar-refractivity contribution in [3.63, 3.8) is 0 Å². The van der Waals surface area contributed by atoms with Crippen molar-refractivity contribution in [1.29, 1.82) is 0 Å². The first-order chi connectivity index (χ1) is 13.5. The van der Waals surface area contributed by atoms with Gasteiger partial charge in [0.2, 0.25) is 0 Å². The van der Waals surface area contributed by atoms with Crippen LogP contribution in [0.2, 0.25) is 0 Å². The molecular weight excluding hydrogens is 369 g/mol. The standard InChI is InChI=1S/C20H19F3N4O/c21-20(22,23)15-6-4-14(5-7-15)17-11-25-19(26-17)18-13-28-10-9-27(18)12-16-3-1-2-8-24-16/h1-8,11,18H,9-10,12-13H2,(H,25,26). The first-order valence-electron chi connectivity index (χ1n) is 8.95. The molecule has 1 aliphatic rings. The van der Waals surface area contributed by atoms with Gasteiger partial charge in [-0.2, -0.15) is 13.2 Å². The Labute approximate surface area is 160 Å². The number of rotatable bonds is 4. The van der Waals surface area contributed by atoms with E-state index in [0.29, 0.717) is 31.0 Å². The third-order valence-electron chi connectivity index (χ3n) is 4.76. The van der Waals surface area contributed by atoms with Gasteiger partial charge in [0.1, 0.15) is 5.82 Å². The topological polar surface area (TPSA) is 54.0 Å². The molecule has 146 valence electrons. The Morgan fingerprint density at radius 2 is 1.93 bits per heavy atom. The third-order valence-corrected chi connectivity index (χ3v) is 4.76. The zero-order valence-electron chi connectivity index (χ0n) is 15.0. The average Bonchev–Trinajstić information content (AvgIpc) is 3.19. The van der Waals surface area contributed by atoms with E-state index in [2.05, 4.69) is 19.9 Å². The summed E-state index contributed by atoms with van der Waals surface area (Å²) in [4.78, 5) is 14.3. The number of hydrogen-bond donors (Lipinski definition) is 1. The summed E-state index contributed by atoms with van der Waals surface area (Å²) in [5.74, 6) is 0.727. The highest BCUT2D eigenvalue weighted by Crippen LogP contribution is 2.31. The Kier molecular flexibility index (Phi) is 5.15. The highest BCUT2D eigenvalue weighted by molar-refractivity contribution is 5.59. The number of aromatic nitrogens is 3. The van der Waals surface area contributed by atoms with Crippen molar-refractivity contribution in [2.45, 2.75) is 18.8 Å². The normalized spacial score (nSPS) is 18.3. The van der Waals surface area contributed by atoms with Crippen LogP contribution in [0.5, 0.6) is 0 Å². The number of nitrogens with zero attached hydrogens (tertiary/aromatic N) is 3. The smallest absolute Gasteiger partial charge is 0.378 e. The summed E-state index contributed by atoms with van der Waals surface area (Å²) in [5, 5.41) is 0. The highest BCUT2D eigenvalue weighted by atomic mass is 19.4. The molecule has 1 fully saturated rings. The van der Waals surface area contributed by atoms with Gasteiger partial charge in [0, 0.05) is 19.3 Å². The van der Waals surface area contributed by atoms with E-state index in [-0.39, 0.29) is 6.04 Å². The molecule has 1 atom stereocenters. The van der Waals surface area contributed by atoms with Crippen LogP contribution in [0, 0.1) is 0 Å². The SMILES string of the molecule is FC(F)(F)c1ccc(-c2cnc(C3COCCN3Cc3ccccn3)[nH]2)cc1. The Hall–Kier alpha value is -2.71. The number of imidazole rings is 1. The Morgan fingerprint density at radius 3 is 2.64 bits per heavy atom. The number of aromatic amines is 1. The minimum absolute atomic E-state index is 0.0704. The summed E-state index contributed by atoms with van der Waals surface area (Å²) >= 11 is 0. The fraction of sp³-hybridized carbons (Fsp3) is 0.300. The summed E-state index contributed by atoms with van der Waals surface area (Å²) in [5.41, 5.74) is 1.62. The Balaban J connectivity index is 1.53. The van der Waals surface area contributed by atoms with E-state index in [1.807, 2.05) is 18.2 Å². The second-order valence-electron chi connectivity index (χ2n) is 6.64. The van der Waals surface area contributed by atoms with Gasteiger partial charge >= 0.3 is 6.18 Å². The Bertz CT molecular complexity index is 909. The van der Waals surface area contributed by atoms with Crippen LogP contribution in [0.25, 0.3) is 11.3 Å². The van der Waals surface area contributed by atoms with Crippen molar-refractivity contribution in [1.82, 2.24) is 19.9 Å². The van der Waals surface area contributed by atoms with Gasteiger partial charge in [0.05, 0.1) is 42.4 Å². The van der Waals surface area contributed by atoms with E-state index in [0.717, 1.165) is 30.2 Å². The van der Waals surface area contributed by atoms with Crippen molar-refractivity contribution in [3.05, 3.63) is 71.9 Å². The molecule has 1 saturated heterocycles. The average molecular weight is 388 g/mol. The zero-order chi connectivity index (χ0) is 19.6. The van der Waals surface area contributed by atoms with Crippen LogP contribution in [0.15, 0.2) is 54.9 Å². The number of H-pyrrole nitrogens is 1. The van der Waals surface area contributed by atoms with Gasteiger partial charge in [0.25, 0.3) is 0 Å². The number of ether oxygens (including phenoxy) is 1. The maximum atomic E-state index is 12.7. The van der Waals surface area contributed by atoms with Gasteiger partial charge in [0.15, 0.2) is 0 Å². The molecule has 3 heterocycles. The minimum atomic E-state index is -4.34. The second-order valence-corrected chi connectivity index (χ2v) is 6.64. The van der Waals surface area contributed by atoms with Crippen LogP contribution in [-0.4, -0.2) is 39.6 Å². The van der Waals surface area contributed by atoms with E-state index in [1.165, 1.54) is 12.1 Å². The first-order valence-corrected chi connectivity index (χ1v) is 8.95. The monoisotopic (exact) mass is 388 g/mol. The van der Waals surface area contributed by atoms with Crippen LogP contribution in [-0.2, 0) is 17.5 Å². The number of halogens is 3. The van der Waals surface area contributed by atoms with Crippen molar-refractivity contribution in [2.24, 2.45) is 0 Å². The number of nitrogens with one attached hydrogen (secondary N) is 1. The fourth-order valence-electron chi connectivity index (χ4n) is 3.27. The van der Waals surface area contributed by atoms with Gasteiger partial charge in [-0.1, -0.05) is 18.2 Å². The second kappa shape index (κ2) is 7.73. The Morgan fingerprint density at radius 1 is 1.11 bits per heavy atom. The number of benzene rings is 1. The van der Waals surface area contributed by atoms with E-state index >= 15 is 0 Å². The van der Waals surface area contributed by atoms with Gasteiger partial charge in [-0.3, -0.25) is 9.88 Å². The molecule has 1 unspecified atom stereocenters. The number of morpholine rings is 1. The molecule has 8 heteroatoms. The number of alkyl halides is 3. The summed E-state index contributed by atoms with van der Waals surface area (Å²) in [6.07, 6.45) is -0.936. The molecule has 0 bridgehead atoms. The highest BCUT2D eigenvalue weighted by Gasteiger charge is 2.30. The van der Waals surface area contributed by atoms with Crippen molar-refractivity contribution in [3.8, 4) is 11.3 Å². The third kappa shape index (κ3) is 4.07. The first kappa shape index (κ1) is 18.6. The lowest BCUT2D eigenvalue weighted by atomic mass is 10.1. The predicted molar refractivity (Wildman–Crippen MR) is 97.2 cm³/mol. The quantitative estimate of drug-likeness (QED) is 0.732. The number of pyridine rings is 1.